The summed E-state index contributed by atoms with van der Waals surface area (Å²) in [4.78, 5) is 11.9. The first-order valence-corrected chi connectivity index (χ1v) is 8.98. The highest BCUT2D eigenvalue weighted by molar-refractivity contribution is 5.96. The quantitative estimate of drug-likeness (QED) is 0.484. The lowest BCUT2D eigenvalue weighted by Crippen LogP contribution is -2.29. The molecule has 8 heteroatoms. The molecule has 0 radical (unpaired) electrons. The molecule has 158 valence electrons. The fourth-order valence-electron chi connectivity index (χ4n) is 2.80. The molecule has 2 unspecified atom stereocenters. The molecular formula is C21H26O8. The van der Waals surface area contributed by atoms with Crippen LogP contribution in [-0.4, -0.2) is 61.7 Å². The van der Waals surface area contributed by atoms with E-state index in [1.165, 1.54) is 39.5 Å². The third-order valence-electron chi connectivity index (χ3n) is 4.38. The zero-order chi connectivity index (χ0) is 21.4. The van der Waals surface area contributed by atoms with Gasteiger partial charge in [-0.05, 0) is 35.9 Å². The van der Waals surface area contributed by atoms with E-state index in [1.807, 2.05) is 0 Å². The van der Waals surface area contributed by atoms with Crippen LogP contribution >= 0.6 is 0 Å². The topological polar surface area (TPSA) is 115 Å². The molecule has 3 N–H and O–H groups in total. The summed E-state index contributed by atoms with van der Waals surface area (Å²) in [5, 5.41) is 29.4. The number of benzene rings is 2. The van der Waals surface area contributed by atoms with E-state index in [-0.39, 0.29) is 30.3 Å². The van der Waals surface area contributed by atoms with E-state index in [9.17, 15) is 15.0 Å². The Labute approximate surface area is 169 Å². The normalized spacial score (nSPS) is 12.8. The Morgan fingerprint density at radius 1 is 0.897 bits per heavy atom. The Bertz CT molecular complexity index is 820. The summed E-state index contributed by atoms with van der Waals surface area (Å²) in [5.74, 6) is 1.24. The van der Waals surface area contributed by atoms with Crippen molar-refractivity contribution < 1.29 is 39.1 Å². The number of rotatable bonds is 11. The fourth-order valence-corrected chi connectivity index (χ4v) is 2.80. The monoisotopic (exact) mass is 406 g/mol. The molecule has 0 aliphatic carbocycles. The summed E-state index contributed by atoms with van der Waals surface area (Å²) in [5.41, 5.74) is 0.833. The summed E-state index contributed by atoms with van der Waals surface area (Å²) < 4.78 is 21.5. The molecule has 2 atom stereocenters. The number of ketones is 1. The number of aliphatic hydroxyl groups excluding tert-OH is 3. The van der Waals surface area contributed by atoms with E-state index in [1.54, 1.807) is 18.2 Å². The van der Waals surface area contributed by atoms with Gasteiger partial charge in [0.25, 0.3) is 0 Å². The van der Waals surface area contributed by atoms with E-state index >= 15 is 0 Å². The first-order chi connectivity index (χ1) is 14.0. The van der Waals surface area contributed by atoms with Gasteiger partial charge in [-0.25, -0.2) is 0 Å². The summed E-state index contributed by atoms with van der Waals surface area (Å²) in [6, 6.07) is 9.44. The third kappa shape index (κ3) is 5.38. The number of hydrogen-bond donors (Lipinski definition) is 3. The molecule has 29 heavy (non-hydrogen) atoms. The van der Waals surface area contributed by atoms with Crippen LogP contribution in [0.15, 0.2) is 36.4 Å². The summed E-state index contributed by atoms with van der Waals surface area (Å²) in [6.07, 6.45) is -2.16. The molecule has 0 amide bonds. The predicted molar refractivity (Wildman–Crippen MR) is 105 cm³/mol. The molecular weight excluding hydrogens is 380 g/mol. The number of Topliss-reactive ketones (excluding diaryl/α,β-unsaturated/α-hetero) is 1. The van der Waals surface area contributed by atoms with Crippen LogP contribution in [0.2, 0.25) is 0 Å². The Balaban J connectivity index is 2.25. The van der Waals surface area contributed by atoms with Crippen molar-refractivity contribution >= 4 is 5.78 Å². The largest absolute Gasteiger partial charge is 0.493 e. The summed E-state index contributed by atoms with van der Waals surface area (Å²) >= 11 is 0. The highest BCUT2D eigenvalue weighted by atomic mass is 16.5. The van der Waals surface area contributed by atoms with Crippen molar-refractivity contribution in [3.8, 4) is 23.0 Å². The molecule has 0 aromatic heterocycles. The zero-order valence-electron chi connectivity index (χ0n) is 16.6. The maximum Gasteiger partial charge on any atom is 0.165 e. The van der Waals surface area contributed by atoms with Crippen molar-refractivity contribution in [2.45, 2.75) is 18.6 Å². The SMILES string of the molecule is COc1ccc(C(O)C(CO)Oc2ccc(C(=O)CCO)cc2OC)cc1OC. The molecule has 0 bridgehead atoms. The zero-order valence-corrected chi connectivity index (χ0v) is 16.6. The van der Waals surface area contributed by atoms with Gasteiger partial charge in [0.2, 0.25) is 0 Å². The lowest BCUT2D eigenvalue weighted by molar-refractivity contribution is -0.000530. The highest BCUT2D eigenvalue weighted by Crippen LogP contribution is 2.34. The third-order valence-corrected chi connectivity index (χ3v) is 4.38. The number of aliphatic hydroxyl groups is 3. The van der Waals surface area contributed by atoms with Gasteiger partial charge in [-0.2, -0.15) is 0 Å². The Morgan fingerprint density at radius 2 is 1.52 bits per heavy atom. The second-order valence-corrected chi connectivity index (χ2v) is 6.16. The Kier molecular flexibility index (Phi) is 8.26. The molecule has 0 fully saturated rings. The van der Waals surface area contributed by atoms with Crippen LogP contribution in [0, 0.1) is 0 Å². The second kappa shape index (κ2) is 10.7. The highest BCUT2D eigenvalue weighted by Gasteiger charge is 2.25. The van der Waals surface area contributed by atoms with Gasteiger partial charge in [-0.1, -0.05) is 6.07 Å². The number of carbonyl (C=O) groups is 1. The van der Waals surface area contributed by atoms with Gasteiger partial charge in [0.15, 0.2) is 34.9 Å². The molecule has 2 rings (SSSR count). The average Bonchev–Trinajstić information content (AvgIpc) is 2.76. The molecule has 0 saturated heterocycles. The molecule has 8 nitrogen and oxygen atoms in total. The molecule has 0 aliphatic heterocycles. The van der Waals surface area contributed by atoms with Crippen molar-refractivity contribution in [2.24, 2.45) is 0 Å². The van der Waals surface area contributed by atoms with Gasteiger partial charge in [0.1, 0.15) is 6.10 Å². The Morgan fingerprint density at radius 3 is 2.10 bits per heavy atom. The smallest absolute Gasteiger partial charge is 0.165 e. The summed E-state index contributed by atoms with van der Waals surface area (Å²) in [6.45, 7) is -0.715. The van der Waals surface area contributed by atoms with Gasteiger partial charge < -0.3 is 34.3 Å². The van der Waals surface area contributed by atoms with Gasteiger partial charge >= 0.3 is 0 Å². The lowest BCUT2D eigenvalue weighted by atomic mass is 10.0. The van der Waals surface area contributed by atoms with Gasteiger partial charge in [0, 0.05) is 12.0 Å². The summed E-state index contributed by atoms with van der Waals surface area (Å²) in [7, 11) is 4.41. The second-order valence-electron chi connectivity index (χ2n) is 6.16. The van der Waals surface area contributed by atoms with E-state index in [4.69, 9.17) is 24.1 Å². The maximum atomic E-state index is 11.9. The van der Waals surface area contributed by atoms with Gasteiger partial charge in [-0.15, -0.1) is 0 Å². The van der Waals surface area contributed by atoms with E-state index in [0.29, 0.717) is 22.6 Å². The van der Waals surface area contributed by atoms with Crippen molar-refractivity contribution in [2.75, 3.05) is 34.5 Å². The Hall–Kier alpha value is -2.81. The maximum absolute atomic E-state index is 11.9. The van der Waals surface area contributed by atoms with Crippen LogP contribution in [0.3, 0.4) is 0 Å². The molecule has 0 spiro atoms. The van der Waals surface area contributed by atoms with Crippen LogP contribution in [0.5, 0.6) is 23.0 Å². The van der Waals surface area contributed by atoms with E-state index in [2.05, 4.69) is 0 Å². The number of carbonyl (C=O) groups excluding carboxylic acids is 1. The van der Waals surface area contributed by atoms with Crippen LogP contribution < -0.4 is 18.9 Å². The van der Waals surface area contributed by atoms with E-state index in [0.717, 1.165) is 0 Å². The van der Waals surface area contributed by atoms with Gasteiger partial charge in [-0.3, -0.25) is 4.79 Å². The molecule has 0 aliphatic rings. The minimum Gasteiger partial charge on any atom is -0.493 e. The van der Waals surface area contributed by atoms with Crippen molar-refractivity contribution in [1.82, 2.24) is 0 Å². The minimum absolute atomic E-state index is 0.000635. The van der Waals surface area contributed by atoms with Crippen LogP contribution in [0.1, 0.15) is 28.4 Å². The van der Waals surface area contributed by atoms with Crippen LogP contribution in [0.4, 0.5) is 0 Å². The fraction of sp³-hybridized carbons (Fsp3) is 0.381. The number of methoxy groups -OCH3 is 3. The first-order valence-electron chi connectivity index (χ1n) is 8.98. The average molecular weight is 406 g/mol. The lowest BCUT2D eigenvalue weighted by Gasteiger charge is -2.24. The van der Waals surface area contributed by atoms with Crippen molar-refractivity contribution in [3.05, 3.63) is 47.5 Å². The molecule has 2 aromatic carbocycles. The van der Waals surface area contributed by atoms with E-state index < -0.39 is 18.8 Å². The molecule has 0 saturated carbocycles. The van der Waals surface area contributed by atoms with Gasteiger partial charge in [0.05, 0.1) is 34.5 Å². The predicted octanol–water partition coefficient (Wildman–Crippen LogP) is 1.75. The number of hydrogen-bond acceptors (Lipinski definition) is 8. The molecule has 2 aromatic rings. The van der Waals surface area contributed by atoms with Crippen molar-refractivity contribution in [1.29, 1.82) is 0 Å². The first kappa shape index (κ1) is 22.5. The minimum atomic E-state index is -1.17. The molecule has 0 heterocycles. The standard InChI is InChI=1S/C21H26O8/c1-26-16-6-5-14(11-18(16)27-2)21(25)20(12-23)29-17-7-4-13(10-19(17)28-3)15(24)8-9-22/h4-7,10-11,20-23,25H,8-9,12H2,1-3H3. The van der Waals surface area contributed by atoms with Crippen molar-refractivity contribution in [3.63, 3.8) is 0 Å². The van der Waals surface area contributed by atoms with Crippen LogP contribution in [0.25, 0.3) is 0 Å². The number of ether oxygens (including phenoxy) is 4. The van der Waals surface area contributed by atoms with Crippen LogP contribution in [-0.2, 0) is 0 Å².